The Balaban J connectivity index is 1.78. The highest BCUT2D eigenvalue weighted by molar-refractivity contribution is 7.90. The molecule has 0 saturated carbocycles. The van der Waals surface area contributed by atoms with Crippen molar-refractivity contribution in [2.45, 2.75) is 24.0 Å². The van der Waals surface area contributed by atoms with E-state index >= 15 is 0 Å². The van der Waals surface area contributed by atoms with Gasteiger partial charge in [-0.1, -0.05) is 24.3 Å². The molecule has 3 nitrogen and oxygen atoms in total. The van der Waals surface area contributed by atoms with Gasteiger partial charge < -0.3 is 0 Å². The standard InChI is InChI=1S/C19H16F3NO2S/c1-26(24,25)18-10-7-15(12-23-18)17-4-2-3-14(17)11-13-5-8-16(9-6-13)19(20,21)22/h3-10,12H,2,11H2,1H3. The summed E-state index contributed by atoms with van der Waals surface area (Å²) >= 11 is 0. The molecule has 1 aromatic carbocycles. The zero-order valence-corrected chi connectivity index (χ0v) is 14.7. The van der Waals surface area contributed by atoms with E-state index in [1.54, 1.807) is 6.07 Å². The molecule has 7 heteroatoms. The zero-order chi connectivity index (χ0) is 18.9. The smallest absolute Gasteiger partial charge is 0.244 e. The van der Waals surface area contributed by atoms with Crippen LogP contribution >= 0.6 is 0 Å². The van der Waals surface area contributed by atoms with Crippen LogP contribution in [0, 0.1) is 0 Å². The Bertz CT molecular complexity index is 971. The maximum absolute atomic E-state index is 12.7. The van der Waals surface area contributed by atoms with Crippen LogP contribution in [0.4, 0.5) is 13.2 Å². The van der Waals surface area contributed by atoms with Gasteiger partial charge >= 0.3 is 6.18 Å². The normalized spacial score (nSPS) is 14.9. The molecule has 0 atom stereocenters. The summed E-state index contributed by atoms with van der Waals surface area (Å²) in [4.78, 5) is 3.99. The molecule has 1 aromatic heterocycles. The summed E-state index contributed by atoms with van der Waals surface area (Å²) in [6, 6.07) is 8.27. The lowest BCUT2D eigenvalue weighted by Gasteiger charge is -2.11. The maximum Gasteiger partial charge on any atom is 0.416 e. The summed E-state index contributed by atoms with van der Waals surface area (Å²) in [6.07, 6.45) is 3.49. The predicted molar refractivity (Wildman–Crippen MR) is 93.2 cm³/mol. The maximum atomic E-state index is 12.7. The number of nitrogens with zero attached hydrogens (tertiary/aromatic N) is 1. The fourth-order valence-electron chi connectivity index (χ4n) is 2.82. The highest BCUT2D eigenvalue weighted by atomic mass is 32.2. The van der Waals surface area contributed by atoms with E-state index in [4.69, 9.17) is 0 Å². The number of hydrogen-bond acceptors (Lipinski definition) is 3. The fraction of sp³-hybridized carbons (Fsp3) is 0.211. The minimum atomic E-state index is -4.34. The van der Waals surface area contributed by atoms with E-state index in [-0.39, 0.29) is 5.03 Å². The number of pyridine rings is 1. The van der Waals surface area contributed by atoms with Crippen LogP contribution in [0.3, 0.4) is 0 Å². The van der Waals surface area contributed by atoms with E-state index < -0.39 is 21.6 Å². The van der Waals surface area contributed by atoms with Crippen molar-refractivity contribution in [2.24, 2.45) is 0 Å². The monoisotopic (exact) mass is 379 g/mol. The number of benzene rings is 1. The van der Waals surface area contributed by atoms with Gasteiger partial charge in [-0.3, -0.25) is 0 Å². The highest BCUT2D eigenvalue weighted by Crippen LogP contribution is 2.33. The first-order valence-electron chi connectivity index (χ1n) is 7.87. The summed E-state index contributed by atoms with van der Waals surface area (Å²) < 4.78 is 61.0. The molecule has 0 bridgehead atoms. The minimum absolute atomic E-state index is 0.00751. The molecule has 0 aliphatic heterocycles. The molecular formula is C19H16F3NO2S. The van der Waals surface area contributed by atoms with Crippen LogP contribution in [0.25, 0.3) is 5.57 Å². The van der Waals surface area contributed by atoms with Crippen molar-refractivity contribution in [3.05, 3.63) is 77.0 Å². The summed E-state index contributed by atoms with van der Waals surface area (Å²) in [7, 11) is -3.36. The van der Waals surface area contributed by atoms with Gasteiger partial charge in [-0.25, -0.2) is 13.4 Å². The number of sulfone groups is 1. The van der Waals surface area contributed by atoms with Crippen molar-refractivity contribution in [2.75, 3.05) is 6.26 Å². The molecule has 1 aliphatic rings. The number of allylic oxidation sites excluding steroid dienone is 4. The van der Waals surface area contributed by atoms with Crippen molar-refractivity contribution in [3.8, 4) is 0 Å². The number of halogens is 3. The van der Waals surface area contributed by atoms with Crippen LogP contribution in [0.15, 0.2) is 65.3 Å². The summed E-state index contributed by atoms with van der Waals surface area (Å²) in [6.45, 7) is 0. The van der Waals surface area contributed by atoms with Gasteiger partial charge in [-0.05, 0) is 53.8 Å². The third-order valence-corrected chi connectivity index (χ3v) is 5.14. The summed E-state index contributed by atoms with van der Waals surface area (Å²) in [5, 5.41) is 0.00751. The van der Waals surface area contributed by atoms with Crippen LogP contribution in [0.5, 0.6) is 0 Å². The molecule has 26 heavy (non-hydrogen) atoms. The second-order valence-corrected chi connectivity index (χ2v) is 8.07. The lowest BCUT2D eigenvalue weighted by Crippen LogP contribution is -2.04. The molecule has 136 valence electrons. The van der Waals surface area contributed by atoms with Crippen LogP contribution < -0.4 is 0 Å². The molecule has 0 amide bonds. The average molecular weight is 379 g/mol. The number of hydrogen-bond donors (Lipinski definition) is 0. The van der Waals surface area contributed by atoms with E-state index in [1.807, 2.05) is 12.2 Å². The van der Waals surface area contributed by atoms with Gasteiger partial charge in [0.1, 0.15) is 0 Å². The molecule has 3 rings (SSSR count). The first-order chi connectivity index (χ1) is 12.1. The molecule has 0 spiro atoms. The van der Waals surface area contributed by atoms with Gasteiger partial charge in [0.25, 0.3) is 0 Å². The first-order valence-corrected chi connectivity index (χ1v) is 9.76. The van der Waals surface area contributed by atoms with E-state index in [0.717, 1.165) is 47.1 Å². The lowest BCUT2D eigenvalue weighted by atomic mass is 9.96. The van der Waals surface area contributed by atoms with Crippen molar-refractivity contribution in [3.63, 3.8) is 0 Å². The number of alkyl halides is 3. The summed E-state index contributed by atoms with van der Waals surface area (Å²) in [5.41, 5.74) is 2.81. The quantitative estimate of drug-likeness (QED) is 0.788. The van der Waals surface area contributed by atoms with Crippen molar-refractivity contribution in [1.82, 2.24) is 4.98 Å². The average Bonchev–Trinajstić information content (AvgIpc) is 3.02. The van der Waals surface area contributed by atoms with Crippen molar-refractivity contribution < 1.29 is 21.6 Å². The van der Waals surface area contributed by atoms with Gasteiger partial charge in [0.05, 0.1) is 5.56 Å². The van der Waals surface area contributed by atoms with Crippen molar-refractivity contribution in [1.29, 1.82) is 0 Å². The highest BCUT2D eigenvalue weighted by Gasteiger charge is 2.30. The van der Waals surface area contributed by atoms with Gasteiger partial charge in [0.2, 0.25) is 0 Å². The van der Waals surface area contributed by atoms with E-state index in [2.05, 4.69) is 4.98 Å². The summed E-state index contributed by atoms with van der Waals surface area (Å²) in [5.74, 6) is 0. The van der Waals surface area contributed by atoms with E-state index in [0.29, 0.717) is 6.42 Å². The molecule has 0 fully saturated rings. The molecule has 0 radical (unpaired) electrons. The topological polar surface area (TPSA) is 47.0 Å². The van der Waals surface area contributed by atoms with E-state index in [1.165, 1.54) is 24.4 Å². The molecule has 0 N–H and O–H groups in total. The SMILES string of the molecule is CS(=O)(=O)c1ccc(C2=CCC=C2Cc2ccc(C(F)(F)F)cc2)cn1. The molecule has 0 saturated heterocycles. The number of aromatic nitrogens is 1. The second-order valence-electron chi connectivity index (χ2n) is 6.11. The fourth-order valence-corrected chi connectivity index (χ4v) is 3.38. The second kappa shape index (κ2) is 6.72. The van der Waals surface area contributed by atoms with Crippen LogP contribution in [-0.2, 0) is 22.4 Å². The van der Waals surface area contributed by atoms with Gasteiger partial charge in [-0.15, -0.1) is 0 Å². The zero-order valence-electron chi connectivity index (χ0n) is 13.9. The Kier molecular flexibility index (Phi) is 4.75. The van der Waals surface area contributed by atoms with Crippen LogP contribution in [0.2, 0.25) is 0 Å². The van der Waals surface area contributed by atoms with Crippen LogP contribution in [-0.4, -0.2) is 19.7 Å². The lowest BCUT2D eigenvalue weighted by molar-refractivity contribution is -0.137. The molecular weight excluding hydrogens is 363 g/mol. The van der Waals surface area contributed by atoms with Gasteiger partial charge in [0.15, 0.2) is 14.9 Å². The van der Waals surface area contributed by atoms with Gasteiger partial charge in [-0.2, -0.15) is 13.2 Å². The first kappa shape index (κ1) is 18.4. The predicted octanol–water partition coefficient (Wildman–Crippen LogP) is 4.46. The van der Waals surface area contributed by atoms with Crippen LogP contribution in [0.1, 0.15) is 23.1 Å². The third kappa shape index (κ3) is 4.04. The minimum Gasteiger partial charge on any atom is -0.244 e. The molecule has 0 unspecified atom stereocenters. The Morgan fingerprint density at radius 2 is 1.73 bits per heavy atom. The molecule has 1 heterocycles. The van der Waals surface area contributed by atoms with Gasteiger partial charge in [0, 0.05) is 18.0 Å². The molecule has 2 aromatic rings. The molecule has 1 aliphatic carbocycles. The Hall–Kier alpha value is -2.41. The van der Waals surface area contributed by atoms with E-state index in [9.17, 15) is 21.6 Å². The Labute approximate surface area is 149 Å². The third-order valence-electron chi connectivity index (χ3n) is 4.14. The number of rotatable bonds is 4. The van der Waals surface area contributed by atoms with Crippen molar-refractivity contribution >= 4 is 15.4 Å². The Morgan fingerprint density at radius 3 is 2.27 bits per heavy atom. The Morgan fingerprint density at radius 1 is 1.04 bits per heavy atom. The largest absolute Gasteiger partial charge is 0.416 e.